The van der Waals surface area contributed by atoms with Crippen LogP contribution in [0.25, 0.3) is 0 Å². The van der Waals surface area contributed by atoms with Crippen molar-refractivity contribution < 1.29 is 0 Å². The third kappa shape index (κ3) is 1.74. The molecule has 0 fully saturated rings. The van der Waals surface area contributed by atoms with Gasteiger partial charge in [0.05, 0.1) is 6.20 Å². The fraction of sp³-hybridized carbons (Fsp3) is 0.571. The van der Waals surface area contributed by atoms with E-state index in [2.05, 4.69) is 44.6 Å². The molecule has 0 aliphatic carbocycles. The molecule has 1 aromatic heterocycles. The standard InChI is InChI=1S/C7H12BrN3/c1-3-9-7-10-5-6(8)11(7)4-2/h5H,3-4H2,1-2H3,(H,9,10). The van der Waals surface area contributed by atoms with Gasteiger partial charge in [0.2, 0.25) is 5.95 Å². The first-order chi connectivity index (χ1) is 5.29. The quantitative estimate of drug-likeness (QED) is 0.841. The molecule has 0 aromatic carbocycles. The van der Waals surface area contributed by atoms with Crippen molar-refractivity contribution in [1.29, 1.82) is 0 Å². The number of hydrogen-bond donors (Lipinski definition) is 1. The summed E-state index contributed by atoms with van der Waals surface area (Å²) in [6.07, 6.45) is 1.81. The zero-order valence-electron chi connectivity index (χ0n) is 6.76. The van der Waals surface area contributed by atoms with Crippen molar-refractivity contribution in [3.63, 3.8) is 0 Å². The summed E-state index contributed by atoms with van der Waals surface area (Å²) in [5.74, 6) is 0.932. The lowest BCUT2D eigenvalue weighted by Crippen LogP contribution is -2.05. The van der Waals surface area contributed by atoms with Gasteiger partial charge in [0.15, 0.2) is 0 Å². The molecular weight excluding hydrogens is 206 g/mol. The highest BCUT2D eigenvalue weighted by Crippen LogP contribution is 2.15. The molecule has 1 N–H and O–H groups in total. The highest BCUT2D eigenvalue weighted by molar-refractivity contribution is 9.10. The van der Waals surface area contributed by atoms with Crippen LogP contribution in [0, 0.1) is 0 Å². The van der Waals surface area contributed by atoms with Crippen molar-refractivity contribution in [2.24, 2.45) is 0 Å². The second kappa shape index (κ2) is 3.76. The smallest absolute Gasteiger partial charge is 0.203 e. The van der Waals surface area contributed by atoms with E-state index in [0.717, 1.165) is 23.6 Å². The second-order valence-corrected chi connectivity index (χ2v) is 2.99. The lowest BCUT2D eigenvalue weighted by molar-refractivity contribution is 0.750. The normalized spacial score (nSPS) is 10.1. The van der Waals surface area contributed by atoms with Crippen molar-refractivity contribution in [2.75, 3.05) is 11.9 Å². The molecule has 1 rings (SSSR count). The Labute approximate surface area is 74.9 Å². The first-order valence-corrected chi connectivity index (χ1v) is 4.53. The number of hydrogen-bond acceptors (Lipinski definition) is 2. The fourth-order valence-corrected chi connectivity index (χ4v) is 1.48. The minimum Gasteiger partial charge on any atom is -0.356 e. The molecule has 62 valence electrons. The number of rotatable bonds is 3. The van der Waals surface area contributed by atoms with Crippen LogP contribution in [0.1, 0.15) is 13.8 Å². The fourth-order valence-electron chi connectivity index (χ4n) is 0.955. The van der Waals surface area contributed by atoms with Crippen molar-refractivity contribution >= 4 is 21.9 Å². The molecule has 0 aliphatic rings. The lowest BCUT2D eigenvalue weighted by Gasteiger charge is -2.05. The maximum absolute atomic E-state index is 4.18. The van der Waals surface area contributed by atoms with Gasteiger partial charge in [-0.3, -0.25) is 0 Å². The molecular formula is C7H12BrN3. The lowest BCUT2D eigenvalue weighted by atomic mass is 10.7. The number of anilines is 1. The Bertz CT molecular complexity index is 232. The van der Waals surface area contributed by atoms with E-state index in [0.29, 0.717) is 0 Å². The van der Waals surface area contributed by atoms with Gasteiger partial charge in [0.25, 0.3) is 0 Å². The van der Waals surface area contributed by atoms with Crippen LogP contribution in [0.4, 0.5) is 5.95 Å². The molecule has 1 heterocycles. The zero-order chi connectivity index (χ0) is 8.27. The first kappa shape index (κ1) is 8.59. The van der Waals surface area contributed by atoms with Gasteiger partial charge in [-0.2, -0.15) is 0 Å². The molecule has 0 unspecified atom stereocenters. The Balaban J connectivity index is 2.86. The summed E-state index contributed by atoms with van der Waals surface area (Å²) in [5, 5.41) is 3.17. The molecule has 0 aliphatic heterocycles. The van der Waals surface area contributed by atoms with Crippen LogP contribution in [0.3, 0.4) is 0 Å². The van der Waals surface area contributed by atoms with Gasteiger partial charge in [-0.05, 0) is 29.8 Å². The van der Waals surface area contributed by atoms with Crippen molar-refractivity contribution in [1.82, 2.24) is 9.55 Å². The number of halogens is 1. The van der Waals surface area contributed by atoms with Crippen LogP contribution in [-0.2, 0) is 6.54 Å². The third-order valence-corrected chi connectivity index (χ3v) is 2.09. The number of aromatic nitrogens is 2. The molecule has 0 atom stereocenters. The predicted octanol–water partition coefficient (Wildman–Crippen LogP) is 2.10. The highest BCUT2D eigenvalue weighted by Gasteiger charge is 2.03. The van der Waals surface area contributed by atoms with E-state index in [1.54, 1.807) is 0 Å². The van der Waals surface area contributed by atoms with Gasteiger partial charge in [-0.25, -0.2) is 4.98 Å². The summed E-state index contributed by atoms with van der Waals surface area (Å²) in [6, 6.07) is 0. The van der Waals surface area contributed by atoms with Gasteiger partial charge >= 0.3 is 0 Å². The summed E-state index contributed by atoms with van der Waals surface area (Å²) < 4.78 is 3.10. The van der Waals surface area contributed by atoms with Gasteiger partial charge in [0, 0.05) is 13.1 Å². The minimum atomic E-state index is 0.906. The summed E-state index contributed by atoms with van der Waals surface area (Å²) in [4.78, 5) is 4.18. The molecule has 0 amide bonds. The monoisotopic (exact) mass is 217 g/mol. The maximum atomic E-state index is 4.18. The molecule has 0 radical (unpaired) electrons. The van der Waals surface area contributed by atoms with Crippen LogP contribution in [0.5, 0.6) is 0 Å². The van der Waals surface area contributed by atoms with Gasteiger partial charge in [-0.15, -0.1) is 0 Å². The summed E-state index contributed by atoms with van der Waals surface area (Å²) in [7, 11) is 0. The summed E-state index contributed by atoms with van der Waals surface area (Å²) >= 11 is 3.41. The van der Waals surface area contributed by atoms with E-state index in [1.807, 2.05) is 6.20 Å². The van der Waals surface area contributed by atoms with E-state index >= 15 is 0 Å². The molecule has 0 saturated heterocycles. The second-order valence-electron chi connectivity index (χ2n) is 2.18. The Hall–Kier alpha value is -0.510. The van der Waals surface area contributed by atoms with E-state index in [-0.39, 0.29) is 0 Å². The van der Waals surface area contributed by atoms with Crippen LogP contribution < -0.4 is 5.32 Å². The van der Waals surface area contributed by atoms with E-state index < -0.39 is 0 Å². The Morgan fingerprint density at radius 3 is 2.91 bits per heavy atom. The number of nitrogens with one attached hydrogen (secondary N) is 1. The van der Waals surface area contributed by atoms with Crippen LogP contribution >= 0.6 is 15.9 Å². The first-order valence-electron chi connectivity index (χ1n) is 3.74. The average molecular weight is 218 g/mol. The van der Waals surface area contributed by atoms with Crippen molar-refractivity contribution in [3.8, 4) is 0 Å². The van der Waals surface area contributed by atoms with Crippen LogP contribution in [0.15, 0.2) is 10.8 Å². The number of imidazole rings is 1. The minimum absolute atomic E-state index is 0.906. The zero-order valence-corrected chi connectivity index (χ0v) is 8.35. The molecule has 0 saturated carbocycles. The maximum Gasteiger partial charge on any atom is 0.203 e. The molecule has 0 spiro atoms. The molecule has 4 heteroatoms. The largest absolute Gasteiger partial charge is 0.356 e. The molecule has 0 bridgehead atoms. The summed E-state index contributed by atoms with van der Waals surface area (Å²) in [5.41, 5.74) is 0. The topological polar surface area (TPSA) is 29.9 Å². The molecule has 3 nitrogen and oxygen atoms in total. The SMILES string of the molecule is CCNc1ncc(Br)n1CC. The van der Waals surface area contributed by atoms with Crippen molar-refractivity contribution in [3.05, 3.63) is 10.8 Å². The van der Waals surface area contributed by atoms with E-state index in [1.165, 1.54) is 0 Å². The van der Waals surface area contributed by atoms with Crippen LogP contribution in [-0.4, -0.2) is 16.1 Å². The van der Waals surface area contributed by atoms with E-state index in [9.17, 15) is 0 Å². The van der Waals surface area contributed by atoms with Crippen LogP contribution in [0.2, 0.25) is 0 Å². The molecule has 11 heavy (non-hydrogen) atoms. The van der Waals surface area contributed by atoms with Gasteiger partial charge in [-0.1, -0.05) is 0 Å². The number of nitrogens with zero attached hydrogens (tertiary/aromatic N) is 2. The summed E-state index contributed by atoms with van der Waals surface area (Å²) in [6.45, 7) is 5.99. The van der Waals surface area contributed by atoms with Gasteiger partial charge < -0.3 is 9.88 Å². The van der Waals surface area contributed by atoms with E-state index in [4.69, 9.17) is 0 Å². The Morgan fingerprint density at radius 1 is 1.64 bits per heavy atom. The van der Waals surface area contributed by atoms with Crippen molar-refractivity contribution in [2.45, 2.75) is 20.4 Å². The average Bonchev–Trinajstić information content (AvgIpc) is 2.33. The highest BCUT2D eigenvalue weighted by atomic mass is 79.9. The Kier molecular flexibility index (Phi) is 2.93. The van der Waals surface area contributed by atoms with Gasteiger partial charge in [0.1, 0.15) is 4.60 Å². The third-order valence-electron chi connectivity index (χ3n) is 1.46. The molecule has 1 aromatic rings. The Morgan fingerprint density at radius 2 is 2.36 bits per heavy atom. The predicted molar refractivity (Wildman–Crippen MR) is 49.8 cm³/mol.